The largest absolute Gasteiger partial charge is 0.350 e. The lowest BCUT2D eigenvalue weighted by atomic mass is 10.1. The van der Waals surface area contributed by atoms with E-state index in [-0.39, 0.29) is 5.91 Å². The molecule has 0 radical (unpaired) electrons. The van der Waals surface area contributed by atoms with E-state index in [0.29, 0.717) is 24.4 Å². The molecule has 0 atom stereocenters. The summed E-state index contributed by atoms with van der Waals surface area (Å²) in [5, 5.41) is 11.8. The predicted octanol–water partition coefficient (Wildman–Crippen LogP) is 3.41. The Kier molecular flexibility index (Phi) is 5.93. The Bertz CT molecular complexity index is 1190. The Hall–Kier alpha value is -3.74. The van der Waals surface area contributed by atoms with E-state index in [0.717, 1.165) is 23.6 Å². The minimum Gasteiger partial charge on any atom is -0.350 e. The zero-order valence-electron chi connectivity index (χ0n) is 18.0. The van der Waals surface area contributed by atoms with Crippen molar-refractivity contribution in [3.63, 3.8) is 0 Å². The fourth-order valence-electron chi connectivity index (χ4n) is 3.59. The number of carbonyl (C=O) groups is 1. The monoisotopic (exact) mass is 414 g/mol. The number of hydrogen-bond donors (Lipinski definition) is 1. The molecule has 0 fully saturated rings. The van der Waals surface area contributed by atoms with Crippen molar-refractivity contribution in [3.05, 3.63) is 94.8 Å². The highest BCUT2D eigenvalue weighted by Crippen LogP contribution is 2.15. The van der Waals surface area contributed by atoms with E-state index in [1.165, 1.54) is 15.9 Å². The Balaban J connectivity index is 1.39. The third-order valence-electron chi connectivity index (χ3n) is 5.20. The summed E-state index contributed by atoms with van der Waals surface area (Å²) in [5.74, 6) is 0.703. The van der Waals surface area contributed by atoms with Crippen molar-refractivity contribution >= 4 is 5.91 Å². The Morgan fingerprint density at radius 2 is 1.84 bits per heavy atom. The number of hydrogen-bond acceptors (Lipinski definition) is 4. The molecule has 4 rings (SSSR count). The van der Waals surface area contributed by atoms with Crippen LogP contribution in [0.25, 0.3) is 5.69 Å². The van der Waals surface area contributed by atoms with Crippen LogP contribution in [0.4, 0.5) is 0 Å². The summed E-state index contributed by atoms with van der Waals surface area (Å²) in [5.41, 5.74) is 5.26. The van der Waals surface area contributed by atoms with Crippen LogP contribution in [0.15, 0.2) is 60.9 Å². The standard InChI is InChI=1S/C24H26N6O/c1-17-9-10-21(18(2)15-17)30-27-19(3)23(28-30)24(31)26-12-11-22-25-13-14-29(22)16-20-7-5-4-6-8-20/h4-10,13-15H,11-12,16H2,1-3H3,(H,26,31). The van der Waals surface area contributed by atoms with Crippen LogP contribution >= 0.6 is 0 Å². The van der Waals surface area contributed by atoms with Crippen LogP contribution < -0.4 is 5.32 Å². The average molecular weight is 415 g/mol. The summed E-state index contributed by atoms with van der Waals surface area (Å²) in [4.78, 5) is 18.7. The molecule has 2 aromatic carbocycles. The molecule has 7 nitrogen and oxygen atoms in total. The Morgan fingerprint density at radius 3 is 2.61 bits per heavy atom. The van der Waals surface area contributed by atoms with Crippen LogP contribution in [0.5, 0.6) is 0 Å². The molecule has 7 heteroatoms. The van der Waals surface area contributed by atoms with E-state index >= 15 is 0 Å². The van der Waals surface area contributed by atoms with E-state index in [4.69, 9.17) is 0 Å². The Morgan fingerprint density at radius 1 is 1.03 bits per heavy atom. The van der Waals surface area contributed by atoms with Gasteiger partial charge in [-0.3, -0.25) is 4.79 Å². The zero-order chi connectivity index (χ0) is 21.8. The maximum atomic E-state index is 12.7. The van der Waals surface area contributed by atoms with Gasteiger partial charge in [-0.05, 0) is 38.0 Å². The second-order valence-corrected chi connectivity index (χ2v) is 7.68. The number of rotatable bonds is 7. The van der Waals surface area contributed by atoms with E-state index in [1.54, 1.807) is 13.1 Å². The highest BCUT2D eigenvalue weighted by Gasteiger charge is 2.17. The SMILES string of the molecule is Cc1ccc(-n2nc(C)c(C(=O)NCCc3nccn3Cc3ccccc3)n2)c(C)c1. The van der Waals surface area contributed by atoms with Crippen molar-refractivity contribution in [2.24, 2.45) is 0 Å². The molecule has 1 amide bonds. The normalized spacial score (nSPS) is 10.9. The summed E-state index contributed by atoms with van der Waals surface area (Å²) in [6.45, 7) is 7.09. The van der Waals surface area contributed by atoms with Gasteiger partial charge in [-0.1, -0.05) is 48.0 Å². The fraction of sp³-hybridized carbons (Fsp3) is 0.250. The molecule has 0 saturated heterocycles. The van der Waals surface area contributed by atoms with Gasteiger partial charge in [0.15, 0.2) is 5.69 Å². The number of amides is 1. The molecule has 0 bridgehead atoms. The van der Waals surface area contributed by atoms with E-state index in [2.05, 4.69) is 43.3 Å². The van der Waals surface area contributed by atoms with Crippen LogP contribution in [0.3, 0.4) is 0 Å². The molecule has 2 aromatic heterocycles. The zero-order valence-corrected chi connectivity index (χ0v) is 18.0. The lowest BCUT2D eigenvalue weighted by Gasteiger charge is -2.08. The fourth-order valence-corrected chi connectivity index (χ4v) is 3.59. The van der Waals surface area contributed by atoms with Gasteiger partial charge in [-0.15, -0.1) is 5.10 Å². The maximum Gasteiger partial charge on any atom is 0.273 e. The number of benzene rings is 2. The van der Waals surface area contributed by atoms with Crippen molar-refractivity contribution in [2.75, 3.05) is 6.54 Å². The van der Waals surface area contributed by atoms with Gasteiger partial charge in [-0.25, -0.2) is 4.98 Å². The van der Waals surface area contributed by atoms with Crippen molar-refractivity contribution in [2.45, 2.75) is 33.7 Å². The van der Waals surface area contributed by atoms with Gasteiger partial charge in [0.25, 0.3) is 5.91 Å². The summed E-state index contributed by atoms with van der Waals surface area (Å²) in [7, 11) is 0. The smallest absolute Gasteiger partial charge is 0.273 e. The Labute approximate surface area is 181 Å². The molecule has 31 heavy (non-hydrogen) atoms. The molecule has 0 saturated carbocycles. The third kappa shape index (κ3) is 4.71. The molecule has 0 aliphatic heterocycles. The minimum absolute atomic E-state index is 0.227. The molecule has 1 N–H and O–H groups in total. The van der Waals surface area contributed by atoms with Crippen LogP contribution in [-0.4, -0.2) is 37.0 Å². The van der Waals surface area contributed by atoms with Crippen LogP contribution in [0.1, 0.15) is 38.7 Å². The second-order valence-electron chi connectivity index (χ2n) is 7.68. The first-order chi connectivity index (χ1) is 15.0. The van der Waals surface area contributed by atoms with Gasteiger partial charge in [-0.2, -0.15) is 9.90 Å². The number of aromatic nitrogens is 5. The predicted molar refractivity (Wildman–Crippen MR) is 119 cm³/mol. The van der Waals surface area contributed by atoms with Crippen LogP contribution in [-0.2, 0) is 13.0 Å². The number of nitrogens with zero attached hydrogens (tertiary/aromatic N) is 5. The van der Waals surface area contributed by atoms with Crippen molar-refractivity contribution < 1.29 is 4.79 Å². The molecule has 158 valence electrons. The first-order valence-electron chi connectivity index (χ1n) is 10.3. The minimum atomic E-state index is -0.227. The lowest BCUT2D eigenvalue weighted by molar-refractivity contribution is 0.0948. The quantitative estimate of drug-likeness (QED) is 0.503. The number of aryl methyl sites for hydroxylation is 3. The maximum absolute atomic E-state index is 12.7. The molecule has 0 aliphatic carbocycles. The van der Waals surface area contributed by atoms with E-state index in [9.17, 15) is 4.79 Å². The van der Waals surface area contributed by atoms with Crippen LogP contribution in [0, 0.1) is 20.8 Å². The number of nitrogens with one attached hydrogen (secondary N) is 1. The van der Waals surface area contributed by atoms with Gasteiger partial charge >= 0.3 is 0 Å². The lowest BCUT2D eigenvalue weighted by Crippen LogP contribution is -2.27. The van der Waals surface area contributed by atoms with Gasteiger partial charge in [0, 0.05) is 31.9 Å². The highest BCUT2D eigenvalue weighted by molar-refractivity contribution is 5.93. The second kappa shape index (κ2) is 8.95. The first kappa shape index (κ1) is 20.5. The molecule has 4 aromatic rings. The average Bonchev–Trinajstić information content (AvgIpc) is 3.35. The topological polar surface area (TPSA) is 77.6 Å². The van der Waals surface area contributed by atoms with Gasteiger partial charge in [0.2, 0.25) is 0 Å². The van der Waals surface area contributed by atoms with Crippen molar-refractivity contribution in [3.8, 4) is 5.69 Å². The highest BCUT2D eigenvalue weighted by atomic mass is 16.2. The van der Waals surface area contributed by atoms with Gasteiger partial charge < -0.3 is 9.88 Å². The molecule has 0 unspecified atom stereocenters. The summed E-state index contributed by atoms with van der Waals surface area (Å²) >= 11 is 0. The van der Waals surface area contributed by atoms with Gasteiger partial charge in [0.1, 0.15) is 5.82 Å². The van der Waals surface area contributed by atoms with Crippen LogP contribution in [0.2, 0.25) is 0 Å². The molecule has 0 aliphatic rings. The molecular formula is C24H26N6O. The summed E-state index contributed by atoms with van der Waals surface area (Å²) in [6, 6.07) is 16.3. The van der Waals surface area contributed by atoms with Gasteiger partial charge in [0.05, 0.1) is 11.4 Å². The number of carbonyl (C=O) groups excluding carboxylic acids is 1. The molecule has 0 spiro atoms. The molecule has 2 heterocycles. The van der Waals surface area contributed by atoms with Crippen molar-refractivity contribution in [1.82, 2.24) is 29.9 Å². The van der Waals surface area contributed by atoms with Crippen molar-refractivity contribution in [1.29, 1.82) is 0 Å². The first-order valence-corrected chi connectivity index (χ1v) is 10.3. The van der Waals surface area contributed by atoms with E-state index < -0.39 is 0 Å². The van der Waals surface area contributed by atoms with E-state index in [1.807, 2.05) is 50.4 Å². The number of imidazole rings is 1. The molecular weight excluding hydrogens is 388 g/mol. The third-order valence-corrected chi connectivity index (χ3v) is 5.20. The summed E-state index contributed by atoms with van der Waals surface area (Å²) in [6.07, 6.45) is 4.39. The summed E-state index contributed by atoms with van der Waals surface area (Å²) < 4.78 is 2.10.